The van der Waals surface area contributed by atoms with E-state index >= 15 is 0 Å². The van der Waals surface area contributed by atoms with Gasteiger partial charge in [0.25, 0.3) is 11.8 Å². The first-order valence-corrected chi connectivity index (χ1v) is 10.6. The summed E-state index contributed by atoms with van der Waals surface area (Å²) in [4.78, 5) is 50.2. The van der Waals surface area contributed by atoms with Crippen molar-refractivity contribution in [1.29, 1.82) is 0 Å². The lowest BCUT2D eigenvalue weighted by Gasteiger charge is -2.26. The number of esters is 1. The Morgan fingerprint density at radius 1 is 1.09 bits per heavy atom. The van der Waals surface area contributed by atoms with E-state index in [9.17, 15) is 19.2 Å². The van der Waals surface area contributed by atoms with Crippen molar-refractivity contribution in [2.24, 2.45) is 0 Å². The second-order valence-corrected chi connectivity index (χ2v) is 7.86. The second kappa shape index (κ2) is 9.78. The maximum absolute atomic E-state index is 13.0. The van der Waals surface area contributed by atoms with Crippen LogP contribution in [0.5, 0.6) is 5.75 Å². The molecule has 2 aromatic rings. The fraction of sp³-hybridized carbons (Fsp3) is 0.217. The van der Waals surface area contributed by atoms with Crippen molar-refractivity contribution in [3.63, 3.8) is 0 Å². The van der Waals surface area contributed by atoms with Crippen LogP contribution in [-0.4, -0.2) is 37.0 Å². The highest BCUT2D eigenvalue weighted by atomic mass is 79.9. The Hall–Kier alpha value is -3.46. The summed E-state index contributed by atoms with van der Waals surface area (Å²) in [5, 5.41) is 2.20. The Kier molecular flexibility index (Phi) is 7.09. The molecule has 3 rings (SSSR count). The lowest BCUT2D eigenvalue weighted by Crippen LogP contribution is -2.54. The van der Waals surface area contributed by atoms with Gasteiger partial charge in [-0.25, -0.2) is 14.5 Å². The summed E-state index contributed by atoms with van der Waals surface area (Å²) in [6, 6.07) is 9.21. The number of carbonyl (C=O) groups is 4. The third-order valence-corrected chi connectivity index (χ3v) is 5.39. The Morgan fingerprint density at radius 2 is 1.84 bits per heavy atom. The van der Waals surface area contributed by atoms with Gasteiger partial charge in [-0.05, 0) is 83.7 Å². The summed E-state index contributed by atoms with van der Waals surface area (Å²) in [7, 11) is 0. The van der Waals surface area contributed by atoms with Crippen molar-refractivity contribution in [3.05, 3.63) is 63.1 Å². The number of carbonyl (C=O) groups excluding carboxylic acids is 4. The van der Waals surface area contributed by atoms with Crippen molar-refractivity contribution in [2.75, 3.05) is 18.1 Å². The number of anilines is 1. The van der Waals surface area contributed by atoms with E-state index in [4.69, 9.17) is 9.47 Å². The van der Waals surface area contributed by atoms with Crippen LogP contribution >= 0.6 is 15.9 Å². The first-order valence-electron chi connectivity index (χ1n) is 9.78. The molecule has 0 aliphatic carbocycles. The predicted octanol–water partition coefficient (Wildman–Crippen LogP) is 3.67. The number of hydrogen-bond donors (Lipinski definition) is 1. The first kappa shape index (κ1) is 23.2. The number of aryl methyl sites for hydroxylation is 2. The predicted molar refractivity (Wildman–Crippen MR) is 121 cm³/mol. The fourth-order valence-electron chi connectivity index (χ4n) is 2.99. The zero-order valence-corrected chi connectivity index (χ0v) is 19.3. The smallest absolute Gasteiger partial charge is 0.344 e. The molecule has 0 atom stereocenters. The fourth-order valence-corrected chi connectivity index (χ4v) is 3.50. The Labute approximate surface area is 193 Å². The summed E-state index contributed by atoms with van der Waals surface area (Å²) in [5.41, 5.74) is 2.63. The SMILES string of the molecule is CCOC(=O)COc1ccc(/C=C2\C(=O)NC(=O)N(c3ccc(C)c(C)c3)C2=O)cc1Br. The lowest BCUT2D eigenvalue weighted by atomic mass is 10.1. The molecule has 1 heterocycles. The van der Waals surface area contributed by atoms with E-state index in [-0.39, 0.29) is 18.8 Å². The standard InChI is InChI=1S/C23H21BrN2O6/c1-4-31-20(27)12-32-19-8-6-15(11-18(19)24)10-17-21(28)25-23(30)26(22(17)29)16-7-5-13(2)14(3)9-16/h5-11H,4,12H2,1-3H3,(H,25,28,30)/b17-10+. The number of rotatable bonds is 6. The molecule has 32 heavy (non-hydrogen) atoms. The quantitative estimate of drug-likeness (QED) is 0.368. The zero-order chi connectivity index (χ0) is 23.4. The van der Waals surface area contributed by atoms with Gasteiger partial charge in [0.15, 0.2) is 6.61 Å². The highest BCUT2D eigenvalue weighted by molar-refractivity contribution is 9.10. The molecular formula is C23H21BrN2O6. The van der Waals surface area contributed by atoms with Crippen LogP contribution in [0.2, 0.25) is 0 Å². The topological polar surface area (TPSA) is 102 Å². The number of urea groups is 1. The zero-order valence-electron chi connectivity index (χ0n) is 17.7. The lowest BCUT2D eigenvalue weighted by molar-refractivity contribution is -0.145. The molecule has 2 aromatic carbocycles. The average molecular weight is 501 g/mol. The molecule has 0 spiro atoms. The molecule has 1 N–H and O–H groups in total. The number of halogens is 1. The van der Waals surface area contributed by atoms with Crippen molar-refractivity contribution in [1.82, 2.24) is 5.32 Å². The summed E-state index contributed by atoms with van der Waals surface area (Å²) < 4.78 is 10.7. The van der Waals surface area contributed by atoms with Gasteiger partial charge in [-0.2, -0.15) is 0 Å². The van der Waals surface area contributed by atoms with Gasteiger partial charge >= 0.3 is 12.0 Å². The number of nitrogens with one attached hydrogen (secondary N) is 1. The number of nitrogens with zero attached hydrogens (tertiary/aromatic N) is 1. The van der Waals surface area contributed by atoms with Gasteiger partial charge in [0, 0.05) is 0 Å². The summed E-state index contributed by atoms with van der Waals surface area (Å²) in [5.74, 6) is -1.60. The minimum absolute atomic E-state index is 0.185. The molecule has 0 saturated carbocycles. The van der Waals surface area contributed by atoms with Crippen molar-refractivity contribution < 1.29 is 28.7 Å². The molecule has 1 aliphatic heterocycles. The van der Waals surface area contributed by atoms with E-state index < -0.39 is 23.8 Å². The summed E-state index contributed by atoms with van der Waals surface area (Å²) in [6.45, 7) is 5.50. The second-order valence-electron chi connectivity index (χ2n) is 7.01. The maximum Gasteiger partial charge on any atom is 0.344 e. The normalized spacial score (nSPS) is 15.1. The summed E-state index contributed by atoms with van der Waals surface area (Å²) >= 11 is 3.35. The molecule has 0 unspecified atom stereocenters. The van der Waals surface area contributed by atoms with Crippen LogP contribution in [0, 0.1) is 13.8 Å². The Morgan fingerprint density at radius 3 is 2.50 bits per heavy atom. The van der Waals surface area contributed by atoms with Crippen LogP contribution in [0.3, 0.4) is 0 Å². The maximum atomic E-state index is 13.0. The molecule has 4 amide bonds. The number of imide groups is 2. The van der Waals surface area contributed by atoms with Crippen LogP contribution in [0.25, 0.3) is 6.08 Å². The molecular weight excluding hydrogens is 480 g/mol. The highest BCUT2D eigenvalue weighted by Gasteiger charge is 2.36. The third kappa shape index (κ3) is 5.05. The molecule has 0 aromatic heterocycles. The van der Waals surface area contributed by atoms with Crippen LogP contribution < -0.4 is 15.0 Å². The van der Waals surface area contributed by atoms with Crippen LogP contribution in [0.1, 0.15) is 23.6 Å². The molecule has 1 aliphatic rings. The molecule has 0 radical (unpaired) electrons. The minimum Gasteiger partial charge on any atom is -0.481 e. The number of hydrogen-bond acceptors (Lipinski definition) is 6. The molecule has 8 nitrogen and oxygen atoms in total. The van der Waals surface area contributed by atoms with Gasteiger partial charge < -0.3 is 9.47 Å². The Balaban J connectivity index is 1.86. The van der Waals surface area contributed by atoms with E-state index in [1.165, 1.54) is 6.08 Å². The van der Waals surface area contributed by atoms with Gasteiger partial charge in [0.2, 0.25) is 0 Å². The van der Waals surface area contributed by atoms with Crippen LogP contribution in [0.15, 0.2) is 46.4 Å². The molecule has 0 bridgehead atoms. The van der Waals surface area contributed by atoms with Crippen molar-refractivity contribution >= 4 is 51.5 Å². The number of amides is 4. The molecule has 1 fully saturated rings. The van der Waals surface area contributed by atoms with Gasteiger partial charge in [-0.1, -0.05) is 12.1 Å². The van der Waals surface area contributed by atoms with Crippen molar-refractivity contribution in [3.8, 4) is 5.75 Å². The number of ether oxygens (including phenoxy) is 2. The largest absolute Gasteiger partial charge is 0.481 e. The number of barbiturate groups is 1. The molecule has 1 saturated heterocycles. The monoisotopic (exact) mass is 500 g/mol. The van der Waals surface area contributed by atoms with Gasteiger partial charge in [-0.3, -0.25) is 14.9 Å². The van der Waals surface area contributed by atoms with Gasteiger partial charge in [0.1, 0.15) is 11.3 Å². The third-order valence-electron chi connectivity index (χ3n) is 4.77. The van der Waals surface area contributed by atoms with E-state index in [0.29, 0.717) is 21.5 Å². The van der Waals surface area contributed by atoms with E-state index in [1.807, 2.05) is 13.8 Å². The Bertz CT molecular complexity index is 1140. The minimum atomic E-state index is -0.802. The molecule has 9 heteroatoms. The average Bonchev–Trinajstić information content (AvgIpc) is 2.73. The van der Waals surface area contributed by atoms with Crippen molar-refractivity contribution in [2.45, 2.75) is 20.8 Å². The molecule has 166 valence electrons. The van der Waals surface area contributed by atoms with Gasteiger partial charge in [-0.15, -0.1) is 0 Å². The first-order chi connectivity index (χ1) is 15.2. The van der Waals surface area contributed by atoms with Crippen LogP contribution in [0.4, 0.5) is 10.5 Å². The van der Waals surface area contributed by atoms with Crippen LogP contribution in [-0.2, 0) is 19.1 Å². The number of benzene rings is 2. The van der Waals surface area contributed by atoms with E-state index in [2.05, 4.69) is 21.2 Å². The van der Waals surface area contributed by atoms with Gasteiger partial charge in [0.05, 0.1) is 16.8 Å². The van der Waals surface area contributed by atoms with E-state index in [1.54, 1.807) is 43.3 Å². The van der Waals surface area contributed by atoms with E-state index in [0.717, 1.165) is 16.0 Å². The summed E-state index contributed by atoms with van der Waals surface area (Å²) in [6.07, 6.45) is 1.39. The highest BCUT2D eigenvalue weighted by Crippen LogP contribution is 2.28.